The predicted octanol–water partition coefficient (Wildman–Crippen LogP) is 4.25. The zero-order chi connectivity index (χ0) is 19.2. The molecule has 5 heteroatoms. The second kappa shape index (κ2) is 9.05. The molecule has 0 unspecified atom stereocenters. The number of carbonyl (C=O) groups is 2. The molecule has 1 heterocycles. The second-order valence-corrected chi connectivity index (χ2v) is 7.39. The third kappa shape index (κ3) is 4.89. The van der Waals surface area contributed by atoms with Gasteiger partial charge in [0.2, 0.25) is 5.91 Å². The van der Waals surface area contributed by atoms with Crippen LogP contribution in [-0.4, -0.2) is 35.8 Å². The molecule has 2 aromatic rings. The monoisotopic (exact) mass is 384 g/mol. The number of hydrogen-bond donors (Lipinski definition) is 1. The lowest BCUT2D eigenvalue weighted by Crippen LogP contribution is -2.50. The van der Waals surface area contributed by atoms with Gasteiger partial charge in [-0.2, -0.15) is 0 Å². The van der Waals surface area contributed by atoms with Crippen molar-refractivity contribution in [2.24, 2.45) is 0 Å². The lowest BCUT2D eigenvalue weighted by atomic mass is 9.89. The maximum Gasteiger partial charge on any atom is 0.251 e. The van der Waals surface area contributed by atoms with Crippen LogP contribution in [0, 0.1) is 0 Å². The van der Waals surface area contributed by atoms with E-state index in [0.717, 1.165) is 17.9 Å². The summed E-state index contributed by atoms with van der Waals surface area (Å²) in [5, 5.41) is 3.63. The summed E-state index contributed by atoms with van der Waals surface area (Å²) < 4.78 is 0. The number of amides is 2. The Labute approximate surface area is 165 Å². The molecule has 1 aliphatic rings. The van der Waals surface area contributed by atoms with Crippen molar-refractivity contribution in [3.8, 4) is 0 Å². The van der Waals surface area contributed by atoms with Crippen molar-refractivity contribution >= 4 is 23.4 Å². The van der Waals surface area contributed by atoms with Gasteiger partial charge in [0.1, 0.15) is 6.04 Å². The van der Waals surface area contributed by atoms with Crippen LogP contribution in [0.3, 0.4) is 0 Å². The first-order valence-corrected chi connectivity index (χ1v) is 9.86. The minimum atomic E-state index is -0.482. The minimum absolute atomic E-state index is 0.0105. The van der Waals surface area contributed by atoms with Gasteiger partial charge in [0.05, 0.1) is 0 Å². The highest BCUT2D eigenvalue weighted by Gasteiger charge is 2.29. The first kappa shape index (κ1) is 19.4. The lowest BCUT2D eigenvalue weighted by molar-refractivity contribution is -0.134. The molecular weight excluding hydrogens is 360 g/mol. The molecule has 27 heavy (non-hydrogen) atoms. The van der Waals surface area contributed by atoms with E-state index in [1.165, 1.54) is 5.56 Å². The average molecular weight is 385 g/mol. The summed E-state index contributed by atoms with van der Waals surface area (Å²) in [6.45, 7) is 3.35. The van der Waals surface area contributed by atoms with Crippen molar-refractivity contribution < 1.29 is 9.59 Å². The van der Waals surface area contributed by atoms with Gasteiger partial charge in [0.15, 0.2) is 0 Å². The SMILES string of the molecule is CC[C@@H](NC(=O)c1ccccc1)C(=O)N1CCC(c2ccc(Cl)cc2)CC1. The van der Waals surface area contributed by atoms with Crippen molar-refractivity contribution in [1.29, 1.82) is 0 Å². The Morgan fingerprint density at radius 2 is 1.70 bits per heavy atom. The number of hydrogen-bond acceptors (Lipinski definition) is 2. The standard InChI is InChI=1S/C22H25ClN2O2/c1-2-20(24-21(26)18-6-4-3-5-7-18)22(27)25-14-12-17(13-15-25)16-8-10-19(23)11-9-16/h3-11,17,20H,2,12-15H2,1H3,(H,24,26)/t20-/m1/s1. The number of halogens is 1. The van der Waals surface area contributed by atoms with Crippen LogP contribution in [-0.2, 0) is 4.79 Å². The summed E-state index contributed by atoms with van der Waals surface area (Å²) in [6, 6.07) is 16.5. The Morgan fingerprint density at radius 1 is 1.07 bits per heavy atom. The summed E-state index contributed by atoms with van der Waals surface area (Å²) in [6.07, 6.45) is 2.43. The van der Waals surface area contributed by atoms with E-state index < -0.39 is 6.04 Å². The molecule has 142 valence electrons. The molecule has 1 N–H and O–H groups in total. The predicted molar refractivity (Wildman–Crippen MR) is 108 cm³/mol. The van der Waals surface area contributed by atoms with E-state index in [4.69, 9.17) is 11.6 Å². The zero-order valence-electron chi connectivity index (χ0n) is 15.5. The van der Waals surface area contributed by atoms with Crippen molar-refractivity contribution in [2.75, 3.05) is 13.1 Å². The molecule has 0 radical (unpaired) electrons. The van der Waals surface area contributed by atoms with Crippen LogP contribution in [0.15, 0.2) is 54.6 Å². The van der Waals surface area contributed by atoms with Gasteiger partial charge in [-0.25, -0.2) is 0 Å². The van der Waals surface area contributed by atoms with E-state index in [1.807, 2.05) is 42.2 Å². The van der Waals surface area contributed by atoms with Crippen molar-refractivity contribution in [3.05, 3.63) is 70.7 Å². The Morgan fingerprint density at radius 3 is 2.30 bits per heavy atom. The smallest absolute Gasteiger partial charge is 0.251 e. The van der Waals surface area contributed by atoms with Crippen LogP contribution in [0.1, 0.15) is 48.0 Å². The van der Waals surface area contributed by atoms with Gasteiger partial charge in [-0.15, -0.1) is 0 Å². The fraction of sp³-hybridized carbons (Fsp3) is 0.364. The maximum atomic E-state index is 12.9. The number of rotatable bonds is 5. The normalized spacial score (nSPS) is 16.0. The molecule has 4 nitrogen and oxygen atoms in total. The van der Waals surface area contributed by atoms with Crippen LogP contribution in [0.25, 0.3) is 0 Å². The Balaban J connectivity index is 1.57. The van der Waals surface area contributed by atoms with Gasteiger partial charge >= 0.3 is 0 Å². The fourth-order valence-electron chi connectivity index (χ4n) is 3.56. The van der Waals surface area contributed by atoms with E-state index in [9.17, 15) is 9.59 Å². The van der Waals surface area contributed by atoms with Crippen molar-refractivity contribution in [1.82, 2.24) is 10.2 Å². The molecule has 2 aromatic carbocycles. The number of nitrogens with zero attached hydrogens (tertiary/aromatic N) is 1. The zero-order valence-corrected chi connectivity index (χ0v) is 16.3. The molecular formula is C22H25ClN2O2. The van der Waals surface area contributed by atoms with Crippen LogP contribution in [0.4, 0.5) is 0 Å². The quantitative estimate of drug-likeness (QED) is 0.837. The highest BCUT2D eigenvalue weighted by atomic mass is 35.5. The number of piperidine rings is 1. The number of benzene rings is 2. The van der Waals surface area contributed by atoms with E-state index >= 15 is 0 Å². The Kier molecular flexibility index (Phi) is 6.51. The summed E-state index contributed by atoms with van der Waals surface area (Å²) in [4.78, 5) is 27.1. The second-order valence-electron chi connectivity index (χ2n) is 6.95. The van der Waals surface area contributed by atoms with E-state index in [1.54, 1.807) is 12.1 Å². The van der Waals surface area contributed by atoms with Gasteiger partial charge in [-0.3, -0.25) is 9.59 Å². The first-order valence-electron chi connectivity index (χ1n) is 9.48. The molecule has 0 saturated carbocycles. The van der Waals surface area contributed by atoms with Crippen molar-refractivity contribution in [2.45, 2.75) is 38.1 Å². The highest BCUT2D eigenvalue weighted by molar-refractivity contribution is 6.30. The molecule has 3 rings (SSSR count). The van der Waals surface area contributed by atoms with Gasteiger partial charge < -0.3 is 10.2 Å². The Bertz CT molecular complexity index is 769. The largest absolute Gasteiger partial charge is 0.341 e. The van der Waals surface area contributed by atoms with Crippen LogP contribution >= 0.6 is 11.6 Å². The van der Waals surface area contributed by atoms with Gasteiger partial charge in [0, 0.05) is 23.7 Å². The van der Waals surface area contributed by atoms with Crippen LogP contribution in [0.5, 0.6) is 0 Å². The number of nitrogens with one attached hydrogen (secondary N) is 1. The van der Waals surface area contributed by atoms with Gasteiger partial charge in [0.25, 0.3) is 5.91 Å². The van der Waals surface area contributed by atoms with Crippen molar-refractivity contribution in [3.63, 3.8) is 0 Å². The number of likely N-dealkylation sites (tertiary alicyclic amines) is 1. The minimum Gasteiger partial charge on any atom is -0.341 e. The van der Waals surface area contributed by atoms with Gasteiger partial charge in [-0.1, -0.05) is 48.9 Å². The lowest BCUT2D eigenvalue weighted by Gasteiger charge is -2.34. The summed E-state index contributed by atoms with van der Waals surface area (Å²) >= 11 is 5.96. The maximum absolute atomic E-state index is 12.9. The molecule has 0 aliphatic carbocycles. The van der Waals surface area contributed by atoms with Gasteiger partial charge in [-0.05, 0) is 55.0 Å². The van der Waals surface area contributed by atoms with E-state index in [2.05, 4.69) is 17.4 Å². The molecule has 1 aliphatic heterocycles. The first-order chi connectivity index (χ1) is 13.1. The van der Waals surface area contributed by atoms with E-state index in [-0.39, 0.29) is 11.8 Å². The Hall–Kier alpha value is -2.33. The molecule has 1 fully saturated rings. The molecule has 1 atom stereocenters. The molecule has 0 aromatic heterocycles. The summed E-state index contributed by atoms with van der Waals surface area (Å²) in [5.74, 6) is 0.258. The summed E-state index contributed by atoms with van der Waals surface area (Å²) in [5.41, 5.74) is 1.85. The summed E-state index contributed by atoms with van der Waals surface area (Å²) in [7, 11) is 0. The van der Waals surface area contributed by atoms with E-state index in [0.29, 0.717) is 31.0 Å². The fourth-order valence-corrected chi connectivity index (χ4v) is 3.68. The third-order valence-electron chi connectivity index (χ3n) is 5.20. The average Bonchev–Trinajstić information content (AvgIpc) is 2.72. The molecule has 0 bridgehead atoms. The topological polar surface area (TPSA) is 49.4 Å². The third-order valence-corrected chi connectivity index (χ3v) is 5.45. The van der Waals surface area contributed by atoms with Crippen LogP contribution in [0.2, 0.25) is 5.02 Å². The van der Waals surface area contributed by atoms with Crippen LogP contribution < -0.4 is 5.32 Å². The molecule has 1 saturated heterocycles. The highest BCUT2D eigenvalue weighted by Crippen LogP contribution is 2.29. The molecule has 2 amide bonds. The number of carbonyl (C=O) groups excluding carboxylic acids is 2. The molecule has 0 spiro atoms.